The van der Waals surface area contributed by atoms with E-state index in [1.54, 1.807) is 26.2 Å². The molecule has 1 N–H and O–H groups in total. The molecule has 1 aromatic heterocycles. The maximum Gasteiger partial charge on any atom is 0.252 e. The van der Waals surface area contributed by atoms with Crippen molar-refractivity contribution in [3.63, 3.8) is 0 Å². The Kier molecular flexibility index (Phi) is 7.83. The lowest BCUT2D eigenvalue weighted by atomic mass is 9.98. The first-order valence-electron chi connectivity index (χ1n) is 10.5. The highest BCUT2D eigenvalue weighted by Crippen LogP contribution is 2.23. The second kappa shape index (κ2) is 10.5. The highest BCUT2D eigenvalue weighted by Gasteiger charge is 2.31. The van der Waals surface area contributed by atoms with Gasteiger partial charge >= 0.3 is 0 Å². The lowest BCUT2D eigenvalue weighted by Crippen LogP contribution is -2.53. The van der Waals surface area contributed by atoms with Crippen molar-refractivity contribution >= 4 is 11.8 Å². The van der Waals surface area contributed by atoms with E-state index >= 15 is 0 Å². The van der Waals surface area contributed by atoms with Crippen LogP contribution >= 0.6 is 0 Å². The molecule has 29 heavy (non-hydrogen) atoms. The van der Waals surface area contributed by atoms with Crippen molar-refractivity contribution in [2.24, 2.45) is 0 Å². The van der Waals surface area contributed by atoms with Crippen LogP contribution in [0.5, 0.6) is 5.88 Å². The van der Waals surface area contributed by atoms with Crippen molar-refractivity contribution in [3.8, 4) is 5.88 Å². The van der Waals surface area contributed by atoms with Gasteiger partial charge in [-0.1, -0.05) is 0 Å². The van der Waals surface area contributed by atoms with Crippen LogP contribution < -0.4 is 10.1 Å². The van der Waals surface area contributed by atoms with E-state index in [1.807, 2.05) is 4.90 Å². The summed E-state index contributed by atoms with van der Waals surface area (Å²) in [6.07, 6.45) is 5.52. The molecular formula is C21H32N4O4. The fourth-order valence-corrected chi connectivity index (χ4v) is 4.23. The molecule has 0 bridgehead atoms. The van der Waals surface area contributed by atoms with Gasteiger partial charge in [0, 0.05) is 70.7 Å². The Morgan fingerprint density at radius 2 is 1.90 bits per heavy atom. The first-order chi connectivity index (χ1) is 14.1. The third-order valence-corrected chi connectivity index (χ3v) is 5.90. The number of carbonyl (C=O) groups is 2. The van der Waals surface area contributed by atoms with Gasteiger partial charge in [-0.05, 0) is 31.7 Å². The van der Waals surface area contributed by atoms with Gasteiger partial charge in [-0.25, -0.2) is 4.98 Å². The fraction of sp³-hybridized carbons (Fsp3) is 0.667. The van der Waals surface area contributed by atoms with Crippen LogP contribution in [0, 0.1) is 0 Å². The van der Waals surface area contributed by atoms with E-state index in [-0.39, 0.29) is 11.8 Å². The number of rotatable bonds is 7. The van der Waals surface area contributed by atoms with Crippen LogP contribution in [0.25, 0.3) is 0 Å². The minimum absolute atomic E-state index is 0.126. The molecule has 0 aliphatic carbocycles. The first kappa shape index (κ1) is 21.5. The van der Waals surface area contributed by atoms with Crippen LogP contribution in [0.3, 0.4) is 0 Å². The van der Waals surface area contributed by atoms with Crippen LogP contribution in [0.1, 0.15) is 43.0 Å². The van der Waals surface area contributed by atoms with E-state index in [9.17, 15) is 9.59 Å². The van der Waals surface area contributed by atoms with Gasteiger partial charge in [0.05, 0.1) is 12.7 Å². The number of nitrogens with zero attached hydrogens (tertiary/aromatic N) is 3. The molecular weight excluding hydrogens is 372 g/mol. The van der Waals surface area contributed by atoms with Gasteiger partial charge in [0.1, 0.15) is 0 Å². The van der Waals surface area contributed by atoms with Crippen LogP contribution in [0.2, 0.25) is 0 Å². The number of piperidine rings is 1. The summed E-state index contributed by atoms with van der Waals surface area (Å²) in [5.41, 5.74) is 0.526. The average Bonchev–Trinajstić information content (AvgIpc) is 2.77. The average molecular weight is 405 g/mol. The number of amides is 2. The molecule has 8 heteroatoms. The Balaban J connectivity index is 1.55. The molecule has 2 saturated heterocycles. The molecule has 0 radical (unpaired) electrons. The largest absolute Gasteiger partial charge is 0.481 e. The highest BCUT2D eigenvalue weighted by atomic mass is 16.5. The molecule has 2 fully saturated rings. The zero-order valence-corrected chi connectivity index (χ0v) is 17.4. The standard InChI is InChI=1S/C21H32N4O4/c1-16(26)24-10-5-18(6-11-24)25(19-7-13-29-14-8-19)12-9-22-21(27)17-3-4-20(28-2)23-15-17/h3-4,15,18-19H,5-14H2,1-2H3,(H,22,27). The number of aromatic nitrogens is 1. The predicted molar refractivity (Wildman–Crippen MR) is 109 cm³/mol. The van der Waals surface area contributed by atoms with Crippen molar-refractivity contribution in [2.75, 3.05) is 46.5 Å². The Morgan fingerprint density at radius 1 is 1.21 bits per heavy atom. The van der Waals surface area contributed by atoms with Gasteiger partial charge in [-0.15, -0.1) is 0 Å². The molecule has 1 aromatic rings. The molecule has 2 aliphatic heterocycles. The lowest BCUT2D eigenvalue weighted by Gasteiger charge is -2.43. The smallest absolute Gasteiger partial charge is 0.252 e. The van der Waals surface area contributed by atoms with Crippen molar-refractivity contribution in [1.82, 2.24) is 20.1 Å². The summed E-state index contributed by atoms with van der Waals surface area (Å²) in [4.78, 5) is 32.6. The van der Waals surface area contributed by atoms with Crippen molar-refractivity contribution < 1.29 is 19.1 Å². The van der Waals surface area contributed by atoms with Crippen molar-refractivity contribution in [2.45, 2.75) is 44.7 Å². The van der Waals surface area contributed by atoms with Gasteiger partial charge in [0.15, 0.2) is 0 Å². The summed E-state index contributed by atoms with van der Waals surface area (Å²) in [6.45, 7) is 6.21. The van der Waals surface area contributed by atoms with E-state index in [0.717, 1.165) is 58.5 Å². The van der Waals surface area contributed by atoms with E-state index in [4.69, 9.17) is 9.47 Å². The second-order valence-corrected chi connectivity index (χ2v) is 7.66. The number of nitrogens with one attached hydrogen (secondary N) is 1. The summed E-state index contributed by atoms with van der Waals surface area (Å²) in [7, 11) is 1.55. The zero-order valence-electron chi connectivity index (χ0n) is 17.4. The molecule has 0 spiro atoms. The third-order valence-electron chi connectivity index (χ3n) is 5.90. The van der Waals surface area contributed by atoms with Crippen LogP contribution in [0.4, 0.5) is 0 Å². The van der Waals surface area contributed by atoms with Crippen LogP contribution in [-0.2, 0) is 9.53 Å². The predicted octanol–water partition coefficient (Wildman–Crippen LogP) is 1.31. The summed E-state index contributed by atoms with van der Waals surface area (Å²) < 4.78 is 10.6. The van der Waals surface area contributed by atoms with E-state index in [2.05, 4.69) is 15.2 Å². The Bertz CT molecular complexity index is 668. The minimum Gasteiger partial charge on any atom is -0.481 e. The molecule has 3 heterocycles. The Morgan fingerprint density at radius 3 is 2.48 bits per heavy atom. The van der Waals surface area contributed by atoms with Crippen LogP contribution in [-0.4, -0.2) is 85.2 Å². The van der Waals surface area contributed by atoms with Crippen molar-refractivity contribution in [1.29, 1.82) is 0 Å². The normalized spacial score (nSPS) is 18.7. The number of methoxy groups -OCH3 is 1. The molecule has 0 unspecified atom stereocenters. The monoisotopic (exact) mass is 404 g/mol. The molecule has 0 atom stereocenters. The first-order valence-corrected chi connectivity index (χ1v) is 10.5. The molecule has 3 rings (SSSR count). The number of hydrogen-bond acceptors (Lipinski definition) is 6. The number of pyridine rings is 1. The quantitative estimate of drug-likeness (QED) is 0.738. The molecule has 2 aliphatic rings. The van der Waals surface area contributed by atoms with Gasteiger partial charge in [-0.2, -0.15) is 0 Å². The molecule has 0 saturated carbocycles. The maximum atomic E-state index is 12.4. The second-order valence-electron chi connectivity index (χ2n) is 7.66. The van der Waals surface area contributed by atoms with E-state index in [1.165, 1.54) is 6.20 Å². The minimum atomic E-state index is -0.126. The fourth-order valence-electron chi connectivity index (χ4n) is 4.23. The third kappa shape index (κ3) is 5.90. The summed E-state index contributed by atoms with van der Waals surface area (Å²) in [5, 5.41) is 3.01. The molecule has 160 valence electrons. The highest BCUT2D eigenvalue weighted by molar-refractivity contribution is 5.93. The summed E-state index contributed by atoms with van der Waals surface area (Å²) >= 11 is 0. The number of carbonyl (C=O) groups excluding carboxylic acids is 2. The SMILES string of the molecule is COc1ccc(C(=O)NCCN(C2CCOCC2)C2CCN(C(C)=O)CC2)cn1. The number of hydrogen-bond donors (Lipinski definition) is 1. The summed E-state index contributed by atoms with van der Waals surface area (Å²) in [6, 6.07) is 4.31. The molecule has 8 nitrogen and oxygen atoms in total. The molecule has 0 aromatic carbocycles. The zero-order chi connectivity index (χ0) is 20.6. The van der Waals surface area contributed by atoms with Gasteiger partial charge in [0.2, 0.25) is 11.8 Å². The van der Waals surface area contributed by atoms with Crippen molar-refractivity contribution in [3.05, 3.63) is 23.9 Å². The number of ether oxygens (including phenoxy) is 2. The molecule has 2 amide bonds. The van der Waals surface area contributed by atoms with Crippen LogP contribution in [0.15, 0.2) is 18.3 Å². The van der Waals surface area contributed by atoms with Gasteiger partial charge < -0.3 is 19.7 Å². The Hall–Kier alpha value is -2.19. The van der Waals surface area contributed by atoms with Gasteiger partial charge in [-0.3, -0.25) is 14.5 Å². The van der Waals surface area contributed by atoms with Gasteiger partial charge in [0.25, 0.3) is 5.91 Å². The topological polar surface area (TPSA) is 84.0 Å². The van der Waals surface area contributed by atoms with E-state index < -0.39 is 0 Å². The van der Waals surface area contributed by atoms with E-state index in [0.29, 0.717) is 30.1 Å². The maximum absolute atomic E-state index is 12.4. The number of likely N-dealkylation sites (tertiary alicyclic amines) is 1. The Labute approximate surface area is 172 Å². The lowest BCUT2D eigenvalue weighted by molar-refractivity contribution is -0.130. The summed E-state index contributed by atoms with van der Waals surface area (Å²) in [5.74, 6) is 0.518.